The summed E-state index contributed by atoms with van der Waals surface area (Å²) in [4.78, 5) is 0.553. The first-order valence-corrected chi connectivity index (χ1v) is 7.90. The van der Waals surface area contributed by atoms with Crippen LogP contribution in [0.4, 0.5) is 4.39 Å². The van der Waals surface area contributed by atoms with E-state index in [9.17, 15) is 4.39 Å². The van der Waals surface area contributed by atoms with Gasteiger partial charge in [-0.2, -0.15) is 0 Å². The molecule has 0 aliphatic carbocycles. The van der Waals surface area contributed by atoms with E-state index < -0.39 is 0 Å². The Kier molecular flexibility index (Phi) is 4.45. The molecule has 0 amide bonds. The average Bonchev–Trinajstić information content (AvgIpc) is 2.99. The number of hydrogen-bond acceptors (Lipinski definition) is 4. The van der Waals surface area contributed by atoms with Crippen LogP contribution in [0.2, 0.25) is 5.02 Å². The van der Waals surface area contributed by atoms with E-state index in [-0.39, 0.29) is 11.1 Å². The SMILES string of the molecule is C[C@@H](Sc1ccccc1F)c1nnc(-c2cccc(Cl)c2)o1. The highest BCUT2D eigenvalue weighted by atomic mass is 35.5. The van der Waals surface area contributed by atoms with Crippen molar-refractivity contribution in [1.29, 1.82) is 0 Å². The van der Waals surface area contributed by atoms with Gasteiger partial charge in [0.2, 0.25) is 11.8 Å². The third-order valence-corrected chi connectivity index (χ3v) is 4.38. The molecule has 1 aromatic heterocycles. The lowest BCUT2D eigenvalue weighted by atomic mass is 10.2. The van der Waals surface area contributed by atoms with Gasteiger partial charge in [-0.15, -0.1) is 22.0 Å². The zero-order valence-electron chi connectivity index (χ0n) is 11.7. The van der Waals surface area contributed by atoms with Crippen LogP contribution in [0, 0.1) is 5.82 Å². The van der Waals surface area contributed by atoms with E-state index in [0.29, 0.717) is 21.7 Å². The summed E-state index contributed by atoms with van der Waals surface area (Å²) in [6.07, 6.45) is 0. The van der Waals surface area contributed by atoms with Gasteiger partial charge in [0, 0.05) is 15.5 Å². The molecule has 1 atom stereocenters. The molecular formula is C16H12ClFN2OS. The average molecular weight is 335 g/mol. The summed E-state index contributed by atoms with van der Waals surface area (Å²) >= 11 is 7.29. The summed E-state index contributed by atoms with van der Waals surface area (Å²) in [7, 11) is 0. The normalized spacial score (nSPS) is 12.3. The van der Waals surface area contributed by atoms with Crippen molar-refractivity contribution < 1.29 is 8.81 Å². The fourth-order valence-electron chi connectivity index (χ4n) is 1.92. The molecule has 0 N–H and O–H groups in total. The van der Waals surface area contributed by atoms with Gasteiger partial charge in [0.15, 0.2) is 0 Å². The van der Waals surface area contributed by atoms with Crippen molar-refractivity contribution in [3.05, 3.63) is 65.3 Å². The molecule has 0 bridgehead atoms. The quantitative estimate of drug-likeness (QED) is 0.600. The molecular weight excluding hydrogens is 323 g/mol. The van der Waals surface area contributed by atoms with E-state index in [4.69, 9.17) is 16.0 Å². The molecule has 0 aliphatic rings. The van der Waals surface area contributed by atoms with Crippen molar-refractivity contribution >= 4 is 23.4 Å². The van der Waals surface area contributed by atoms with Crippen LogP contribution in [0.15, 0.2) is 57.8 Å². The van der Waals surface area contributed by atoms with Crippen molar-refractivity contribution in [2.75, 3.05) is 0 Å². The van der Waals surface area contributed by atoms with Crippen molar-refractivity contribution in [3.8, 4) is 11.5 Å². The maximum atomic E-state index is 13.7. The topological polar surface area (TPSA) is 38.9 Å². The van der Waals surface area contributed by atoms with Gasteiger partial charge in [-0.3, -0.25) is 0 Å². The second-order valence-corrected chi connectivity index (χ2v) is 6.47. The smallest absolute Gasteiger partial charge is 0.247 e. The Bertz CT molecular complexity index is 793. The van der Waals surface area contributed by atoms with Gasteiger partial charge in [0.25, 0.3) is 0 Å². The fraction of sp³-hybridized carbons (Fsp3) is 0.125. The second-order valence-electron chi connectivity index (χ2n) is 4.65. The van der Waals surface area contributed by atoms with Crippen molar-refractivity contribution in [1.82, 2.24) is 10.2 Å². The Labute approximate surface area is 136 Å². The van der Waals surface area contributed by atoms with Crippen molar-refractivity contribution in [3.63, 3.8) is 0 Å². The zero-order chi connectivity index (χ0) is 15.5. The summed E-state index contributed by atoms with van der Waals surface area (Å²) in [5.41, 5.74) is 0.759. The van der Waals surface area contributed by atoms with Crippen LogP contribution in [0.1, 0.15) is 18.1 Å². The Morgan fingerprint density at radius 2 is 1.95 bits per heavy atom. The van der Waals surface area contributed by atoms with Gasteiger partial charge in [0.05, 0.1) is 5.25 Å². The molecule has 6 heteroatoms. The Morgan fingerprint density at radius 3 is 2.73 bits per heavy atom. The molecule has 22 heavy (non-hydrogen) atoms. The first-order valence-electron chi connectivity index (χ1n) is 6.64. The predicted molar refractivity (Wildman–Crippen MR) is 85.4 cm³/mol. The van der Waals surface area contributed by atoms with Gasteiger partial charge in [0.1, 0.15) is 5.82 Å². The molecule has 0 unspecified atom stereocenters. The predicted octanol–water partition coefficient (Wildman–Crippen LogP) is 5.38. The molecule has 0 radical (unpaired) electrons. The third-order valence-electron chi connectivity index (χ3n) is 3.00. The summed E-state index contributed by atoms with van der Waals surface area (Å²) in [5, 5.41) is 8.52. The van der Waals surface area contributed by atoms with Gasteiger partial charge in [-0.05, 0) is 37.3 Å². The van der Waals surface area contributed by atoms with E-state index >= 15 is 0 Å². The number of rotatable bonds is 4. The van der Waals surface area contributed by atoms with Crippen LogP contribution in [0.5, 0.6) is 0 Å². The first-order chi connectivity index (χ1) is 10.6. The third kappa shape index (κ3) is 3.31. The van der Waals surface area contributed by atoms with Gasteiger partial charge >= 0.3 is 0 Å². The summed E-state index contributed by atoms with van der Waals surface area (Å²) in [5.74, 6) is 0.593. The van der Waals surface area contributed by atoms with E-state index in [2.05, 4.69) is 10.2 Å². The largest absolute Gasteiger partial charge is 0.419 e. The van der Waals surface area contributed by atoms with E-state index in [0.717, 1.165) is 5.56 Å². The lowest BCUT2D eigenvalue weighted by Gasteiger charge is -2.07. The van der Waals surface area contributed by atoms with Crippen LogP contribution in [-0.4, -0.2) is 10.2 Å². The Balaban J connectivity index is 1.80. The highest BCUT2D eigenvalue weighted by Gasteiger charge is 2.17. The van der Waals surface area contributed by atoms with Gasteiger partial charge in [-0.1, -0.05) is 29.8 Å². The number of benzene rings is 2. The summed E-state index contributed by atoms with van der Waals surface area (Å²) in [6.45, 7) is 1.90. The molecule has 0 spiro atoms. The highest BCUT2D eigenvalue weighted by Crippen LogP contribution is 2.36. The lowest BCUT2D eigenvalue weighted by Crippen LogP contribution is -1.90. The molecule has 0 fully saturated rings. The minimum Gasteiger partial charge on any atom is -0.419 e. The maximum Gasteiger partial charge on any atom is 0.247 e. The fourth-order valence-corrected chi connectivity index (χ4v) is 3.02. The number of hydrogen-bond donors (Lipinski definition) is 0. The number of nitrogens with zero attached hydrogens (tertiary/aromatic N) is 2. The molecule has 0 saturated carbocycles. The van der Waals surface area contributed by atoms with E-state index in [1.165, 1.54) is 17.8 Å². The minimum atomic E-state index is -0.256. The van der Waals surface area contributed by atoms with Crippen LogP contribution in [0.3, 0.4) is 0 Å². The summed E-state index contributed by atoms with van der Waals surface area (Å²) < 4.78 is 19.4. The molecule has 3 rings (SSSR count). The molecule has 3 nitrogen and oxygen atoms in total. The van der Waals surface area contributed by atoms with E-state index in [1.54, 1.807) is 30.3 Å². The van der Waals surface area contributed by atoms with Crippen molar-refractivity contribution in [2.45, 2.75) is 17.1 Å². The Hall–Kier alpha value is -1.85. The van der Waals surface area contributed by atoms with Crippen LogP contribution >= 0.6 is 23.4 Å². The number of aromatic nitrogens is 2. The van der Waals surface area contributed by atoms with Crippen LogP contribution in [0.25, 0.3) is 11.5 Å². The molecule has 3 aromatic rings. The standard InChI is InChI=1S/C16H12ClFN2OS/c1-10(22-14-8-3-2-7-13(14)18)15-19-20-16(21-15)11-5-4-6-12(17)9-11/h2-10H,1H3/t10-/m1/s1. The monoisotopic (exact) mass is 334 g/mol. The maximum absolute atomic E-state index is 13.7. The molecule has 112 valence electrons. The molecule has 2 aromatic carbocycles. The second kappa shape index (κ2) is 6.50. The summed E-state index contributed by atoms with van der Waals surface area (Å²) in [6, 6.07) is 13.8. The van der Waals surface area contributed by atoms with Gasteiger partial charge in [-0.25, -0.2) is 4.39 Å². The highest BCUT2D eigenvalue weighted by molar-refractivity contribution is 7.99. The lowest BCUT2D eigenvalue weighted by molar-refractivity contribution is 0.509. The number of halogens is 2. The van der Waals surface area contributed by atoms with Crippen molar-refractivity contribution in [2.24, 2.45) is 0 Å². The minimum absolute atomic E-state index is 0.155. The van der Waals surface area contributed by atoms with Crippen LogP contribution < -0.4 is 0 Å². The molecule has 0 saturated heterocycles. The first kappa shape index (κ1) is 15.1. The van der Waals surface area contributed by atoms with E-state index in [1.807, 2.05) is 19.1 Å². The molecule has 1 heterocycles. The Morgan fingerprint density at radius 1 is 1.14 bits per heavy atom. The number of thioether (sulfide) groups is 1. The zero-order valence-corrected chi connectivity index (χ0v) is 13.2. The molecule has 0 aliphatic heterocycles. The van der Waals surface area contributed by atoms with Gasteiger partial charge < -0.3 is 4.42 Å². The van der Waals surface area contributed by atoms with Crippen LogP contribution in [-0.2, 0) is 0 Å².